The molecule has 0 spiro atoms. The summed E-state index contributed by atoms with van der Waals surface area (Å²) in [6, 6.07) is 7.86. The number of sulfone groups is 1. The van der Waals surface area contributed by atoms with Crippen molar-refractivity contribution in [3.05, 3.63) is 58.5 Å². The Morgan fingerprint density at radius 2 is 2.12 bits per heavy atom. The number of rotatable bonds is 3. The average molecular weight is 386 g/mol. The fraction of sp³-hybridized carbons (Fsp3) is 0.316. The van der Waals surface area contributed by atoms with E-state index in [1.807, 2.05) is 25.5 Å². The minimum absolute atomic E-state index is 0.0604. The number of hydrogen-bond donors (Lipinski definition) is 0. The van der Waals surface area contributed by atoms with Crippen molar-refractivity contribution in [1.29, 1.82) is 0 Å². The Labute approximate surface area is 156 Å². The molecule has 2 aliphatic rings. The van der Waals surface area contributed by atoms with Gasteiger partial charge in [0.2, 0.25) is 0 Å². The number of thiophene rings is 1. The second-order valence-corrected chi connectivity index (χ2v) is 10.1. The van der Waals surface area contributed by atoms with E-state index in [2.05, 4.69) is 32.9 Å². The van der Waals surface area contributed by atoms with E-state index in [1.165, 1.54) is 5.56 Å². The van der Waals surface area contributed by atoms with E-state index in [0.29, 0.717) is 11.4 Å². The van der Waals surface area contributed by atoms with Gasteiger partial charge in [0.25, 0.3) is 0 Å². The zero-order valence-corrected chi connectivity index (χ0v) is 16.0. The Bertz CT molecular complexity index is 1070. The molecular weight excluding hydrogens is 366 g/mol. The van der Waals surface area contributed by atoms with Crippen molar-refractivity contribution in [2.24, 2.45) is 7.05 Å². The van der Waals surface area contributed by atoms with Crippen LogP contribution in [0.1, 0.15) is 17.0 Å². The van der Waals surface area contributed by atoms with Crippen LogP contribution in [0, 0.1) is 0 Å². The Morgan fingerprint density at radius 3 is 2.85 bits per heavy atom. The summed E-state index contributed by atoms with van der Waals surface area (Å²) >= 11 is 1.68. The number of fused-ring (bicyclic) bond motifs is 3. The molecule has 7 heteroatoms. The zero-order valence-electron chi connectivity index (χ0n) is 14.4. The molecule has 5 rings (SSSR count). The second kappa shape index (κ2) is 5.77. The average Bonchev–Trinajstić information content (AvgIpc) is 3.37. The number of aromatic nitrogens is 2. The van der Waals surface area contributed by atoms with E-state index in [4.69, 9.17) is 0 Å². The maximum absolute atomic E-state index is 13.0. The second-order valence-electron chi connectivity index (χ2n) is 7.17. The fourth-order valence-corrected chi connectivity index (χ4v) is 7.10. The Balaban J connectivity index is 1.50. The van der Waals surface area contributed by atoms with E-state index in [1.54, 1.807) is 22.1 Å². The van der Waals surface area contributed by atoms with Crippen LogP contribution in [0.5, 0.6) is 0 Å². The molecule has 0 N–H and O–H groups in total. The highest BCUT2D eigenvalue weighted by molar-refractivity contribution is 7.92. The lowest BCUT2D eigenvalue weighted by Crippen LogP contribution is -2.25. The quantitative estimate of drug-likeness (QED) is 0.696. The summed E-state index contributed by atoms with van der Waals surface area (Å²) in [6.07, 6.45) is 3.78. The first-order valence-corrected chi connectivity index (χ1v) is 11.1. The maximum atomic E-state index is 13.0. The molecule has 1 fully saturated rings. The zero-order chi connectivity index (χ0) is 17.9. The van der Waals surface area contributed by atoms with Crippen LogP contribution in [0.3, 0.4) is 0 Å². The summed E-state index contributed by atoms with van der Waals surface area (Å²) < 4.78 is 27.8. The van der Waals surface area contributed by atoms with Crippen molar-refractivity contribution in [3.63, 3.8) is 0 Å². The van der Waals surface area contributed by atoms with Gasteiger partial charge in [-0.1, -0.05) is 6.07 Å². The smallest absolute Gasteiger partial charge is 0.183 e. The molecule has 0 unspecified atom stereocenters. The van der Waals surface area contributed by atoms with E-state index < -0.39 is 9.84 Å². The van der Waals surface area contributed by atoms with Gasteiger partial charge in [-0.3, -0.25) is 9.58 Å². The highest BCUT2D eigenvalue weighted by atomic mass is 32.2. The van der Waals surface area contributed by atoms with Crippen LogP contribution < -0.4 is 0 Å². The van der Waals surface area contributed by atoms with Crippen LogP contribution in [0.4, 0.5) is 0 Å². The van der Waals surface area contributed by atoms with Crippen molar-refractivity contribution in [2.45, 2.75) is 22.6 Å². The normalized spacial score (nSPS) is 23.9. The third-order valence-corrected chi connectivity index (χ3v) is 8.47. The van der Waals surface area contributed by atoms with Gasteiger partial charge in [-0.2, -0.15) is 16.4 Å². The molecule has 4 heterocycles. The van der Waals surface area contributed by atoms with Crippen molar-refractivity contribution >= 4 is 21.2 Å². The van der Waals surface area contributed by atoms with Gasteiger partial charge in [0, 0.05) is 44.4 Å². The first-order valence-electron chi connectivity index (χ1n) is 8.62. The lowest BCUT2D eigenvalue weighted by Gasteiger charge is -2.16. The van der Waals surface area contributed by atoms with Crippen LogP contribution in [0.15, 0.2) is 52.3 Å². The standard InChI is InChI=1S/C19H19N3O2S2/c1-21-9-15(7-20-21)14-2-3-18-16(6-14)17-10-22(8-13-4-5-25-12-13)11-19(17)26(18,23)24/h2-7,9,12,17,19H,8,10-11H2,1H3/t17-,19+/m0/s1. The van der Waals surface area contributed by atoms with Gasteiger partial charge in [0.15, 0.2) is 9.84 Å². The molecule has 2 atom stereocenters. The number of benzene rings is 1. The summed E-state index contributed by atoms with van der Waals surface area (Å²) in [7, 11) is -1.36. The first kappa shape index (κ1) is 16.2. The highest BCUT2D eigenvalue weighted by Gasteiger charge is 2.50. The summed E-state index contributed by atoms with van der Waals surface area (Å²) in [5.41, 5.74) is 4.29. The SMILES string of the molecule is Cn1cc(-c2ccc3c(c2)[C@@H]2CN(Cc4ccsc4)C[C@H]2S3(=O)=O)cn1. The van der Waals surface area contributed by atoms with Crippen molar-refractivity contribution < 1.29 is 8.42 Å². The van der Waals surface area contributed by atoms with Gasteiger partial charge in [0.05, 0.1) is 16.3 Å². The lowest BCUT2D eigenvalue weighted by molar-refractivity contribution is 0.326. The lowest BCUT2D eigenvalue weighted by atomic mass is 9.95. The maximum Gasteiger partial charge on any atom is 0.183 e. The number of nitrogens with zero attached hydrogens (tertiary/aromatic N) is 3. The van der Waals surface area contributed by atoms with E-state index >= 15 is 0 Å². The molecule has 5 nitrogen and oxygen atoms in total. The molecule has 0 aliphatic carbocycles. The van der Waals surface area contributed by atoms with Gasteiger partial charge in [-0.05, 0) is 45.6 Å². The van der Waals surface area contributed by atoms with Gasteiger partial charge >= 0.3 is 0 Å². The molecule has 1 saturated heterocycles. The molecule has 3 aromatic rings. The topological polar surface area (TPSA) is 55.2 Å². The van der Waals surface area contributed by atoms with Crippen LogP contribution in [-0.2, 0) is 23.4 Å². The predicted octanol–water partition coefficient (Wildman–Crippen LogP) is 2.90. The molecule has 0 saturated carbocycles. The third kappa shape index (κ3) is 2.46. The van der Waals surface area contributed by atoms with Crippen molar-refractivity contribution in [3.8, 4) is 11.1 Å². The number of aryl methyl sites for hydroxylation is 1. The van der Waals surface area contributed by atoms with E-state index in [9.17, 15) is 8.42 Å². The Kier molecular flexibility index (Phi) is 3.60. The highest BCUT2D eigenvalue weighted by Crippen LogP contribution is 2.46. The summed E-state index contributed by atoms with van der Waals surface area (Å²) in [6.45, 7) is 2.23. The minimum Gasteiger partial charge on any atom is -0.297 e. The minimum atomic E-state index is -3.25. The first-order chi connectivity index (χ1) is 12.5. The fourth-order valence-electron chi connectivity index (χ4n) is 4.25. The van der Waals surface area contributed by atoms with Gasteiger partial charge in [0.1, 0.15) is 0 Å². The molecule has 26 heavy (non-hydrogen) atoms. The van der Waals surface area contributed by atoms with Gasteiger partial charge < -0.3 is 0 Å². The molecule has 2 aliphatic heterocycles. The molecule has 1 aromatic carbocycles. The predicted molar refractivity (Wildman–Crippen MR) is 102 cm³/mol. The molecule has 0 radical (unpaired) electrons. The van der Waals surface area contributed by atoms with Crippen LogP contribution in [-0.4, -0.2) is 41.4 Å². The summed E-state index contributed by atoms with van der Waals surface area (Å²) in [4.78, 5) is 2.80. The van der Waals surface area contributed by atoms with Gasteiger partial charge in [-0.25, -0.2) is 8.42 Å². The van der Waals surface area contributed by atoms with Crippen molar-refractivity contribution in [1.82, 2.24) is 14.7 Å². The molecule has 0 amide bonds. The molecule has 2 aromatic heterocycles. The Hall–Kier alpha value is -1.96. The third-order valence-electron chi connectivity index (χ3n) is 5.48. The summed E-state index contributed by atoms with van der Waals surface area (Å²) in [5.74, 6) is 0.0604. The van der Waals surface area contributed by atoms with Crippen LogP contribution in [0.2, 0.25) is 0 Å². The summed E-state index contributed by atoms with van der Waals surface area (Å²) in [5, 5.41) is 8.11. The van der Waals surface area contributed by atoms with E-state index in [-0.39, 0.29) is 11.2 Å². The molecule has 134 valence electrons. The Morgan fingerprint density at radius 1 is 1.23 bits per heavy atom. The molecular formula is C19H19N3O2S2. The van der Waals surface area contributed by atoms with Crippen LogP contribution >= 0.6 is 11.3 Å². The van der Waals surface area contributed by atoms with Crippen molar-refractivity contribution in [2.75, 3.05) is 13.1 Å². The largest absolute Gasteiger partial charge is 0.297 e. The number of hydrogen-bond acceptors (Lipinski definition) is 5. The monoisotopic (exact) mass is 385 g/mol. The van der Waals surface area contributed by atoms with Crippen LogP contribution in [0.25, 0.3) is 11.1 Å². The van der Waals surface area contributed by atoms with Gasteiger partial charge in [-0.15, -0.1) is 0 Å². The molecule has 0 bridgehead atoms. The van der Waals surface area contributed by atoms with E-state index in [0.717, 1.165) is 29.8 Å². The number of likely N-dealkylation sites (tertiary alicyclic amines) is 1.